The van der Waals surface area contributed by atoms with Gasteiger partial charge in [-0.2, -0.15) is 0 Å². The molecule has 43 heavy (non-hydrogen) atoms. The Balaban J connectivity index is 1.87. The number of aromatic nitrogens is 1. The molecule has 2 heterocycles. The van der Waals surface area contributed by atoms with E-state index < -0.39 is 24.6 Å². The van der Waals surface area contributed by atoms with E-state index in [9.17, 15) is 14.4 Å². The number of hydrogen-bond donors (Lipinski definition) is 1. The van der Waals surface area contributed by atoms with Gasteiger partial charge in [-0.1, -0.05) is 36.1 Å². The summed E-state index contributed by atoms with van der Waals surface area (Å²) in [6.07, 6.45) is 3.30. The fraction of sp³-hybridized carbons (Fsp3) is 0.290. The van der Waals surface area contributed by atoms with Gasteiger partial charge in [-0.3, -0.25) is 9.36 Å². The van der Waals surface area contributed by atoms with Gasteiger partial charge in [-0.05, 0) is 62.2 Å². The third-order valence-electron chi connectivity index (χ3n) is 6.29. The fourth-order valence-electron chi connectivity index (χ4n) is 4.52. The molecule has 0 fully saturated rings. The molecular weight excluding hydrogens is 576 g/mol. The van der Waals surface area contributed by atoms with Crippen LogP contribution in [0.1, 0.15) is 37.9 Å². The molecule has 2 aromatic carbocycles. The molecule has 0 saturated heterocycles. The lowest BCUT2D eigenvalue weighted by atomic mass is 9.95. The molecule has 1 atom stereocenters. The molecule has 1 unspecified atom stereocenters. The van der Waals surface area contributed by atoms with Crippen molar-refractivity contribution in [2.75, 3.05) is 33.5 Å². The summed E-state index contributed by atoms with van der Waals surface area (Å²) in [6.45, 7) is 9.23. The molecular formula is C31H32N2O9S. The van der Waals surface area contributed by atoms with Crippen LogP contribution in [0.25, 0.3) is 6.08 Å². The first-order valence-electron chi connectivity index (χ1n) is 13.4. The lowest BCUT2D eigenvalue weighted by molar-refractivity contribution is -0.140. The lowest BCUT2D eigenvalue weighted by Crippen LogP contribution is -2.40. The number of thiazole rings is 1. The first-order valence-corrected chi connectivity index (χ1v) is 14.3. The van der Waals surface area contributed by atoms with Crippen LogP contribution in [0.15, 0.2) is 70.1 Å². The molecule has 0 saturated carbocycles. The van der Waals surface area contributed by atoms with Gasteiger partial charge in [-0.25, -0.2) is 14.6 Å². The van der Waals surface area contributed by atoms with Crippen LogP contribution < -0.4 is 33.8 Å². The van der Waals surface area contributed by atoms with Gasteiger partial charge in [0.15, 0.2) is 34.4 Å². The molecule has 3 aromatic rings. The second-order valence-electron chi connectivity index (χ2n) is 9.13. The largest absolute Gasteiger partial charge is 0.493 e. The summed E-state index contributed by atoms with van der Waals surface area (Å²) in [6, 6.07) is 9.31. The molecule has 11 nitrogen and oxygen atoms in total. The quantitative estimate of drug-likeness (QED) is 0.229. The van der Waals surface area contributed by atoms with Gasteiger partial charge in [0.05, 0.1) is 42.2 Å². The highest BCUT2D eigenvalue weighted by Gasteiger charge is 2.34. The second-order valence-corrected chi connectivity index (χ2v) is 10.1. The van der Waals surface area contributed by atoms with E-state index in [1.165, 1.54) is 23.0 Å². The van der Waals surface area contributed by atoms with Crippen molar-refractivity contribution in [2.24, 2.45) is 4.99 Å². The number of carboxylic acid groups (broad SMARTS) is 1. The van der Waals surface area contributed by atoms with E-state index in [1.807, 2.05) is 6.92 Å². The summed E-state index contributed by atoms with van der Waals surface area (Å²) in [5.74, 6) is -0.173. The van der Waals surface area contributed by atoms with E-state index in [0.717, 1.165) is 0 Å². The Bertz CT molecular complexity index is 1750. The average Bonchev–Trinajstić information content (AvgIpc) is 3.28. The predicted molar refractivity (Wildman–Crippen MR) is 160 cm³/mol. The molecule has 0 bridgehead atoms. The number of hydrogen-bond acceptors (Lipinski definition) is 10. The Morgan fingerprint density at radius 1 is 1.05 bits per heavy atom. The standard InChI is InChI=1S/C31H32N2O9S/c1-6-13-41-22-12-10-20(16-24(22)39-7-2)28-27(30(37)40-8-3)18(4)32-31-33(28)29(36)25(43-31)15-19-9-11-21(23(14-19)38-5)42-17-26(34)35/h6,9-12,14-16,28H,1,7-8,13,17H2,2-5H3,(H,34,35)/b25-15-. The van der Waals surface area contributed by atoms with Gasteiger partial charge < -0.3 is 28.8 Å². The maximum atomic E-state index is 14.0. The Morgan fingerprint density at radius 3 is 2.47 bits per heavy atom. The van der Waals surface area contributed by atoms with Crippen molar-refractivity contribution in [3.63, 3.8) is 0 Å². The Morgan fingerprint density at radius 2 is 1.79 bits per heavy atom. The van der Waals surface area contributed by atoms with Crippen LogP contribution in [0, 0.1) is 0 Å². The van der Waals surface area contributed by atoms with Crippen molar-refractivity contribution in [1.82, 2.24) is 4.57 Å². The summed E-state index contributed by atoms with van der Waals surface area (Å²) >= 11 is 1.17. The first kappa shape index (κ1) is 31.1. The molecule has 226 valence electrons. The van der Waals surface area contributed by atoms with Gasteiger partial charge in [0.25, 0.3) is 5.56 Å². The number of carboxylic acids is 1. The van der Waals surface area contributed by atoms with Gasteiger partial charge >= 0.3 is 11.9 Å². The number of carbonyl (C=O) groups excluding carboxylic acids is 1. The van der Waals surface area contributed by atoms with Crippen molar-refractivity contribution < 1.29 is 38.4 Å². The highest BCUT2D eigenvalue weighted by molar-refractivity contribution is 7.07. The third-order valence-corrected chi connectivity index (χ3v) is 7.28. The Labute approximate surface area is 251 Å². The van der Waals surface area contributed by atoms with E-state index in [-0.39, 0.29) is 30.1 Å². The van der Waals surface area contributed by atoms with E-state index in [2.05, 4.69) is 11.6 Å². The van der Waals surface area contributed by atoms with Crippen molar-refractivity contribution in [2.45, 2.75) is 26.8 Å². The lowest BCUT2D eigenvalue weighted by Gasteiger charge is -2.25. The summed E-state index contributed by atoms with van der Waals surface area (Å²) in [4.78, 5) is 43.1. The molecule has 1 aliphatic rings. The SMILES string of the molecule is C=CCOc1ccc(C2C(C(=O)OCC)=C(C)N=c3s/c(=C\c4ccc(OCC(=O)O)c(OC)c4)c(=O)n32)cc1OCC. The van der Waals surface area contributed by atoms with Crippen molar-refractivity contribution in [3.8, 4) is 23.0 Å². The zero-order valence-electron chi connectivity index (χ0n) is 24.2. The smallest absolute Gasteiger partial charge is 0.341 e. The Kier molecular flexibility index (Phi) is 10.0. The number of carbonyl (C=O) groups is 2. The van der Waals surface area contributed by atoms with Gasteiger partial charge in [-0.15, -0.1) is 0 Å². The van der Waals surface area contributed by atoms with Crippen molar-refractivity contribution >= 4 is 29.4 Å². The van der Waals surface area contributed by atoms with Crippen LogP contribution in [0.4, 0.5) is 0 Å². The molecule has 0 radical (unpaired) electrons. The van der Waals surface area contributed by atoms with Crippen LogP contribution in [0.3, 0.4) is 0 Å². The van der Waals surface area contributed by atoms with E-state index >= 15 is 0 Å². The number of aliphatic carboxylic acids is 1. The van der Waals surface area contributed by atoms with E-state index in [0.29, 0.717) is 50.0 Å². The molecule has 1 aromatic heterocycles. The number of fused-ring (bicyclic) bond motifs is 1. The molecule has 0 aliphatic carbocycles. The normalized spacial score (nSPS) is 14.4. The number of rotatable bonds is 13. The minimum absolute atomic E-state index is 0.152. The molecule has 0 spiro atoms. The number of esters is 1. The molecule has 0 amide bonds. The van der Waals surface area contributed by atoms with Crippen molar-refractivity contribution in [3.05, 3.63) is 91.1 Å². The topological polar surface area (TPSA) is 135 Å². The predicted octanol–water partition coefficient (Wildman–Crippen LogP) is 3.23. The Hall–Kier alpha value is -4.84. The van der Waals surface area contributed by atoms with Crippen LogP contribution in [-0.2, 0) is 14.3 Å². The zero-order chi connectivity index (χ0) is 31.1. The fourth-order valence-corrected chi connectivity index (χ4v) is 5.57. The van der Waals surface area contributed by atoms with Crippen LogP contribution in [0.5, 0.6) is 23.0 Å². The summed E-state index contributed by atoms with van der Waals surface area (Å²) in [5, 5.41) is 8.93. The zero-order valence-corrected chi connectivity index (χ0v) is 25.1. The maximum absolute atomic E-state index is 14.0. The first-order chi connectivity index (χ1) is 20.7. The maximum Gasteiger partial charge on any atom is 0.341 e. The van der Waals surface area contributed by atoms with Crippen LogP contribution in [0.2, 0.25) is 0 Å². The van der Waals surface area contributed by atoms with Crippen LogP contribution >= 0.6 is 11.3 Å². The number of benzene rings is 2. The third kappa shape index (κ3) is 6.81. The minimum Gasteiger partial charge on any atom is -0.493 e. The van der Waals surface area contributed by atoms with E-state index in [1.54, 1.807) is 62.4 Å². The van der Waals surface area contributed by atoms with E-state index in [4.69, 9.17) is 28.8 Å². The monoisotopic (exact) mass is 608 g/mol. The number of ether oxygens (including phenoxy) is 5. The summed E-state index contributed by atoms with van der Waals surface area (Å²) < 4.78 is 29.5. The van der Waals surface area contributed by atoms with Gasteiger partial charge in [0.2, 0.25) is 0 Å². The van der Waals surface area contributed by atoms with Crippen molar-refractivity contribution in [1.29, 1.82) is 0 Å². The highest BCUT2D eigenvalue weighted by atomic mass is 32.1. The average molecular weight is 609 g/mol. The molecule has 4 rings (SSSR count). The second kappa shape index (κ2) is 13.9. The minimum atomic E-state index is -1.12. The molecule has 1 aliphatic heterocycles. The number of nitrogens with zero attached hydrogens (tertiary/aromatic N) is 2. The number of allylic oxidation sites excluding steroid dienone is 1. The highest BCUT2D eigenvalue weighted by Crippen LogP contribution is 2.36. The molecule has 1 N–H and O–H groups in total. The van der Waals surface area contributed by atoms with Gasteiger partial charge in [0.1, 0.15) is 6.61 Å². The van der Waals surface area contributed by atoms with Gasteiger partial charge in [0, 0.05) is 0 Å². The summed E-state index contributed by atoms with van der Waals surface area (Å²) in [5.41, 5.74) is 1.54. The summed E-state index contributed by atoms with van der Waals surface area (Å²) in [7, 11) is 1.44. The number of methoxy groups -OCH3 is 1. The van der Waals surface area contributed by atoms with Crippen LogP contribution in [-0.4, -0.2) is 55.1 Å². The molecule has 12 heteroatoms.